The van der Waals surface area contributed by atoms with Gasteiger partial charge in [-0.1, -0.05) is 0 Å². The van der Waals surface area contributed by atoms with E-state index in [1.807, 2.05) is 0 Å². The van der Waals surface area contributed by atoms with Crippen molar-refractivity contribution in [3.05, 3.63) is 146 Å². The summed E-state index contributed by atoms with van der Waals surface area (Å²) in [5, 5.41) is 61.0. The van der Waals surface area contributed by atoms with Gasteiger partial charge >= 0.3 is 317 Å². The molecule has 6 aromatic carbocycles. The van der Waals surface area contributed by atoms with E-state index in [-0.39, 0.29) is 69.0 Å². The van der Waals surface area contributed by atoms with E-state index in [0.717, 1.165) is 0 Å². The summed E-state index contributed by atoms with van der Waals surface area (Å²) in [6.45, 7) is 1.62. The van der Waals surface area contributed by atoms with Gasteiger partial charge in [0.2, 0.25) is 0 Å². The van der Waals surface area contributed by atoms with Gasteiger partial charge in [-0.05, 0) is 0 Å². The van der Waals surface area contributed by atoms with Crippen molar-refractivity contribution < 1.29 is 57.8 Å². The fraction of sp³-hybridized carbons (Fsp3) is 0.0270. The van der Waals surface area contributed by atoms with Crippen molar-refractivity contribution >= 4 is 23.4 Å². The van der Waals surface area contributed by atoms with E-state index in [1.165, 1.54) is 146 Å². The van der Waals surface area contributed by atoms with Crippen LogP contribution in [-0.2, 0) is 0 Å². The van der Waals surface area contributed by atoms with Crippen molar-refractivity contribution in [1.29, 1.82) is 0 Å². The molecular formula is C37H38N3O12P3. The molecule has 1 fully saturated rings. The van der Waals surface area contributed by atoms with Crippen LogP contribution in [0.1, 0.15) is 0 Å². The van der Waals surface area contributed by atoms with E-state index in [4.69, 9.17) is 27.1 Å². The summed E-state index contributed by atoms with van der Waals surface area (Å²) in [6, 6.07) is 35.4. The molecule has 55 heavy (non-hydrogen) atoms. The Morgan fingerprint density at radius 3 is 0.764 bits per heavy atom. The Kier molecular flexibility index (Phi) is 10.0. The molecule has 6 aromatic rings. The number of phenols is 6. The van der Waals surface area contributed by atoms with Crippen molar-refractivity contribution in [2.75, 3.05) is 6.66 Å². The molecule has 0 aliphatic carbocycles. The van der Waals surface area contributed by atoms with Gasteiger partial charge in [-0.15, -0.1) is 0 Å². The Hall–Kier alpha value is -5.91. The molecule has 15 nitrogen and oxygen atoms in total. The van der Waals surface area contributed by atoms with Crippen LogP contribution in [-0.4, -0.2) is 37.3 Å². The van der Waals surface area contributed by atoms with Crippen LogP contribution in [0.3, 0.4) is 0 Å². The van der Waals surface area contributed by atoms with E-state index >= 15 is 0 Å². The molecule has 1 aliphatic heterocycles. The average molecular weight is 810 g/mol. The second-order valence-electron chi connectivity index (χ2n) is 12.5. The second kappa shape index (κ2) is 14.7. The van der Waals surface area contributed by atoms with E-state index < -0.39 is 23.4 Å². The topological polar surface area (TPSA) is 213 Å². The Balaban J connectivity index is 1.50. The van der Waals surface area contributed by atoms with Crippen molar-refractivity contribution in [3.63, 3.8) is 0 Å². The van der Waals surface area contributed by atoms with Crippen LogP contribution < -0.4 is 41.7 Å². The number of nitrogens with one attached hydrogen (secondary N) is 3. The van der Waals surface area contributed by atoms with Gasteiger partial charge in [0.05, 0.1) is 0 Å². The van der Waals surface area contributed by atoms with Crippen LogP contribution in [0.4, 0.5) is 0 Å². The molecular weight excluding hydrogens is 771 g/mol. The number of aromatic hydroxyl groups is 6. The number of benzene rings is 6. The molecule has 0 aromatic heterocycles. The van der Waals surface area contributed by atoms with Crippen molar-refractivity contribution in [1.82, 2.24) is 14.6 Å². The summed E-state index contributed by atoms with van der Waals surface area (Å²) in [5.41, 5.74) is 0. The molecule has 0 spiro atoms. The monoisotopic (exact) mass is 809 g/mol. The van der Waals surface area contributed by atoms with Crippen molar-refractivity contribution in [3.8, 4) is 69.0 Å². The summed E-state index contributed by atoms with van der Waals surface area (Å²) < 4.78 is 41.1. The molecule has 0 amide bonds. The summed E-state index contributed by atoms with van der Waals surface area (Å²) in [6.07, 6.45) is 0. The SMILES string of the molecule is CP1(Oc2ccc(O)cc2)(Oc2ccc(O)cc2)N[PH](Oc2ccc(O)cc2)(Oc2ccc(O)cc2)N[PH](Oc2ccc(O)cc2)(Oc2ccc(O)cc2)N1. The Labute approximate surface area is 316 Å². The summed E-state index contributed by atoms with van der Waals surface area (Å²) >= 11 is 0. The molecule has 0 atom stereocenters. The predicted molar refractivity (Wildman–Crippen MR) is 211 cm³/mol. The first kappa shape index (κ1) is 37.4. The molecule has 288 valence electrons. The quantitative estimate of drug-likeness (QED) is 0.0534. The van der Waals surface area contributed by atoms with Gasteiger partial charge < -0.3 is 0 Å². The minimum atomic E-state index is -4.96. The zero-order valence-electron chi connectivity index (χ0n) is 28.9. The first-order chi connectivity index (χ1) is 26.3. The number of rotatable bonds is 12. The van der Waals surface area contributed by atoms with E-state index in [2.05, 4.69) is 14.6 Å². The average Bonchev–Trinajstić information content (AvgIpc) is 3.14. The molecule has 7 rings (SSSR count). The molecule has 18 heteroatoms. The Morgan fingerprint density at radius 1 is 0.345 bits per heavy atom. The van der Waals surface area contributed by atoms with Gasteiger partial charge in [-0.2, -0.15) is 0 Å². The van der Waals surface area contributed by atoms with Crippen LogP contribution in [0.2, 0.25) is 0 Å². The third kappa shape index (κ3) is 9.08. The second-order valence-corrected chi connectivity index (χ2v) is 21.7. The van der Waals surface area contributed by atoms with Crippen LogP contribution >= 0.6 is 23.4 Å². The van der Waals surface area contributed by atoms with Crippen molar-refractivity contribution in [2.24, 2.45) is 0 Å². The van der Waals surface area contributed by atoms with Crippen LogP contribution in [0.15, 0.2) is 146 Å². The standard InChI is InChI=1S/C37H38N3O12P3/c1-55(51-36-22-10-30(45)11-23-36,52-37-24-12-31(46)13-25-37)39-53(47-32-14-2-26(41)3-15-32,48-33-16-4-27(42)5-17-33)38-54(40-55,49-34-18-6-28(43)7-19-34)50-35-20-8-29(44)9-21-35/h2-25,38-46,53-54H,1H3. The summed E-state index contributed by atoms with van der Waals surface area (Å²) in [7, 11) is -14.0. The Bertz CT molecular complexity index is 1980. The number of phenolic OH excluding ortho intramolecular Hbond substituents is 6. The molecule has 0 bridgehead atoms. The molecule has 1 aliphatic rings. The number of hydrogen-bond acceptors (Lipinski definition) is 15. The van der Waals surface area contributed by atoms with Crippen LogP contribution in [0.5, 0.6) is 69.0 Å². The van der Waals surface area contributed by atoms with Gasteiger partial charge in [-0.3, -0.25) is 0 Å². The zero-order valence-corrected chi connectivity index (χ0v) is 31.8. The molecule has 0 unspecified atom stereocenters. The maximum atomic E-state index is 10.2. The maximum absolute atomic E-state index is 10.2. The Morgan fingerprint density at radius 2 is 0.545 bits per heavy atom. The van der Waals surface area contributed by atoms with Crippen LogP contribution in [0.25, 0.3) is 0 Å². The van der Waals surface area contributed by atoms with E-state index in [1.54, 1.807) is 6.66 Å². The molecule has 0 radical (unpaired) electrons. The third-order valence-corrected chi connectivity index (χ3v) is 20.4. The normalized spacial score (nSPS) is 18.2. The van der Waals surface area contributed by atoms with Crippen LogP contribution in [0, 0.1) is 0 Å². The summed E-state index contributed by atoms with van der Waals surface area (Å²) in [4.78, 5) is 10.3. The first-order valence-electron chi connectivity index (χ1n) is 16.6. The van der Waals surface area contributed by atoms with E-state index in [0.29, 0.717) is 0 Å². The van der Waals surface area contributed by atoms with Gasteiger partial charge in [0, 0.05) is 0 Å². The summed E-state index contributed by atoms with van der Waals surface area (Å²) in [5.74, 6) is 1.18. The zero-order chi connectivity index (χ0) is 38.7. The molecule has 1 heterocycles. The predicted octanol–water partition coefficient (Wildman–Crippen LogP) is 8.14. The number of hydrogen-bond donors (Lipinski definition) is 9. The van der Waals surface area contributed by atoms with E-state index in [9.17, 15) is 30.6 Å². The first-order valence-corrected chi connectivity index (χ1v) is 22.7. The van der Waals surface area contributed by atoms with Gasteiger partial charge in [0.25, 0.3) is 0 Å². The fourth-order valence-electron chi connectivity index (χ4n) is 5.57. The minimum absolute atomic E-state index is 0.0229. The van der Waals surface area contributed by atoms with Gasteiger partial charge in [0.1, 0.15) is 0 Å². The van der Waals surface area contributed by atoms with Gasteiger partial charge in [-0.25, -0.2) is 0 Å². The third-order valence-electron chi connectivity index (χ3n) is 7.86. The molecule has 1 saturated heterocycles. The van der Waals surface area contributed by atoms with Crippen molar-refractivity contribution in [2.45, 2.75) is 0 Å². The van der Waals surface area contributed by atoms with Gasteiger partial charge in [0.15, 0.2) is 0 Å². The molecule has 9 N–H and O–H groups in total. The molecule has 0 saturated carbocycles. The fourth-order valence-corrected chi connectivity index (χ4v) is 20.5.